The minimum atomic E-state index is -1.05. The van der Waals surface area contributed by atoms with E-state index in [9.17, 15) is 9.90 Å². The Kier molecular flexibility index (Phi) is 2.61. The molecule has 13 heavy (non-hydrogen) atoms. The number of amides is 1. The monoisotopic (exact) mass is 184 g/mol. The molecule has 0 radical (unpaired) electrons. The van der Waals surface area contributed by atoms with Gasteiger partial charge in [0.15, 0.2) is 0 Å². The molecule has 0 saturated heterocycles. The average molecular weight is 184 g/mol. The van der Waals surface area contributed by atoms with Crippen molar-refractivity contribution in [1.82, 2.24) is 10.2 Å². The lowest BCUT2D eigenvalue weighted by atomic mass is 10.2. The number of rotatable bonds is 1. The van der Waals surface area contributed by atoms with E-state index in [4.69, 9.17) is 0 Å². The summed E-state index contributed by atoms with van der Waals surface area (Å²) in [7, 11) is 0. The van der Waals surface area contributed by atoms with Gasteiger partial charge in [-0.05, 0) is 27.7 Å². The number of allylic oxidation sites excluding steroid dienone is 2. The van der Waals surface area contributed by atoms with Crippen molar-refractivity contribution in [3.63, 3.8) is 0 Å². The number of carbonyl (C=O) groups is 1. The Morgan fingerprint density at radius 1 is 1.46 bits per heavy atom. The zero-order valence-electron chi connectivity index (χ0n) is 8.46. The van der Waals surface area contributed by atoms with E-state index in [1.807, 2.05) is 27.7 Å². The zero-order valence-corrected chi connectivity index (χ0v) is 8.46. The maximum atomic E-state index is 11.2. The molecule has 0 aromatic heterocycles. The second kappa shape index (κ2) is 3.38. The molecule has 0 aromatic carbocycles. The van der Waals surface area contributed by atoms with E-state index in [0.29, 0.717) is 0 Å². The van der Waals surface area contributed by atoms with Crippen LogP contribution in [0.25, 0.3) is 0 Å². The predicted molar refractivity (Wildman–Crippen MR) is 49.5 cm³/mol. The fourth-order valence-corrected chi connectivity index (χ4v) is 1.51. The van der Waals surface area contributed by atoms with Crippen molar-refractivity contribution >= 4 is 5.91 Å². The van der Waals surface area contributed by atoms with Crippen molar-refractivity contribution in [2.24, 2.45) is 0 Å². The van der Waals surface area contributed by atoms with E-state index in [2.05, 4.69) is 5.32 Å². The van der Waals surface area contributed by atoms with Crippen LogP contribution in [0.15, 0.2) is 11.4 Å². The van der Waals surface area contributed by atoms with Crippen molar-refractivity contribution in [3.8, 4) is 0 Å². The SMILES string of the molecule is CC1=C(C)N(C(C)C)C(O)C(=O)N1. The van der Waals surface area contributed by atoms with Crippen LogP contribution in [0, 0.1) is 0 Å². The number of nitrogens with zero attached hydrogens (tertiary/aromatic N) is 1. The summed E-state index contributed by atoms with van der Waals surface area (Å²) in [5.41, 5.74) is 1.73. The van der Waals surface area contributed by atoms with Crippen molar-refractivity contribution < 1.29 is 9.90 Å². The maximum Gasteiger partial charge on any atom is 0.274 e. The van der Waals surface area contributed by atoms with Crippen LogP contribution < -0.4 is 5.32 Å². The van der Waals surface area contributed by atoms with E-state index in [0.717, 1.165) is 11.4 Å². The molecule has 74 valence electrons. The lowest BCUT2D eigenvalue weighted by Crippen LogP contribution is -2.53. The molecule has 4 nitrogen and oxygen atoms in total. The van der Waals surface area contributed by atoms with E-state index < -0.39 is 6.23 Å². The second-order valence-corrected chi connectivity index (χ2v) is 3.57. The molecular formula is C9H16N2O2. The standard InChI is InChI=1S/C9H16N2O2/c1-5(2)11-7(4)6(3)10-8(12)9(11)13/h5,9,13H,1-4H3,(H,10,12). The smallest absolute Gasteiger partial charge is 0.274 e. The van der Waals surface area contributed by atoms with Gasteiger partial charge in [-0.3, -0.25) is 4.79 Å². The highest BCUT2D eigenvalue weighted by Crippen LogP contribution is 2.19. The first-order valence-corrected chi connectivity index (χ1v) is 4.40. The first-order chi connectivity index (χ1) is 5.95. The molecule has 1 heterocycles. The highest BCUT2D eigenvalue weighted by molar-refractivity contribution is 5.83. The topological polar surface area (TPSA) is 52.6 Å². The molecule has 1 atom stereocenters. The lowest BCUT2D eigenvalue weighted by molar-refractivity contribution is -0.140. The van der Waals surface area contributed by atoms with Gasteiger partial charge in [0.1, 0.15) is 0 Å². The predicted octanol–water partition coefficient (Wildman–Crippen LogP) is 0.396. The van der Waals surface area contributed by atoms with Gasteiger partial charge >= 0.3 is 0 Å². The summed E-state index contributed by atoms with van der Waals surface area (Å²) < 4.78 is 0. The van der Waals surface area contributed by atoms with Gasteiger partial charge in [0, 0.05) is 17.4 Å². The minimum absolute atomic E-state index is 0.121. The molecule has 1 unspecified atom stereocenters. The molecule has 1 aliphatic heterocycles. The fourth-order valence-electron chi connectivity index (χ4n) is 1.51. The Bertz CT molecular complexity index is 258. The molecule has 0 fully saturated rings. The Labute approximate surface area is 78.2 Å². The molecule has 1 rings (SSSR count). The van der Waals surface area contributed by atoms with E-state index >= 15 is 0 Å². The van der Waals surface area contributed by atoms with Crippen LogP contribution in [0.1, 0.15) is 27.7 Å². The zero-order chi connectivity index (χ0) is 10.2. The summed E-state index contributed by atoms with van der Waals surface area (Å²) in [4.78, 5) is 12.9. The van der Waals surface area contributed by atoms with Crippen molar-refractivity contribution in [1.29, 1.82) is 0 Å². The van der Waals surface area contributed by atoms with Crippen LogP contribution in [0.2, 0.25) is 0 Å². The van der Waals surface area contributed by atoms with E-state index in [1.54, 1.807) is 4.90 Å². The van der Waals surface area contributed by atoms with Crippen molar-refractivity contribution in [2.75, 3.05) is 0 Å². The Hall–Kier alpha value is -1.03. The molecule has 0 bridgehead atoms. The molecule has 2 N–H and O–H groups in total. The quantitative estimate of drug-likeness (QED) is 0.620. The van der Waals surface area contributed by atoms with Gasteiger partial charge in [0.25, 0.3) is 5.91 Å². The second-order valence-electron chi connectivity index (χ2n) is 3.57. The number of hydrogen-bond acceptors (Lipinski definition) is 3. The average Bonchev–Trinajstić information content (AvgIpc) is 2.01. The number of carbonyl (C=O) groups excluding carboxylic acids is 1. The Morgan fingerprint density at radius 3 is 2.46 bits per heavy atom. The molecule has 4 heteroatoms. The van der Waals surface area contributed by atoms with Gasteiger partial charge in [0.2, 0.25) is 6.23 Å². The summed E-state index contributed by atoms with van der Waals surface area (Å²) >= 11 is 0. The molecule has 0 aromatic rings. The van der Waals surface area contributed by atoms with E-state index in [-0.39, 0.29) is 11.9 Å². The van der Waals surface area contributed by atoms with Gasteiger partial charge < -0.3 is 15.3 Å². The molecule has 0 aliphatic carbocycles. The molecule has 0 spiro atoms. The third kappa shape index (κ3) is 1.67. The third-order valence-electron chi connectivity index (χ3n) is 2.30. The van der Waals surface area contributed by atoms with Gasteiger partial charge in [-0.25, -0.2) is 0 Å². The van der Waals surface area contributed by atoms with Crippen LogP contribution in [0.5, 0.6) is 0 Å². The Balaban J connectivity index is 3.02. The third-order valence-corrected chi connectivity index (χ3v) is 2.30. The summed E-state index contributed by atoms with van der Waals surface area (Å²) in [6.45, 7) is 7.60. The maximum absolute atomic E-state index is 11.2. The first kappa shape index (κ1) is 10.1. The summed E-state index contributed by atoms with van der Waals surface area (Å²) in [6.07, 6.45) is -1.05. The highest BCUT2D eigenvalue weighted by Gasteiger charge is 2.30. The van der Waals surface area contributed by atoms with Crippen LogP contribution >= 0.6 is 0 Å². The summed E-state index contributed by atoms with van der Waals surface area (Å²) in [5, 5.41) is 12.2. The van der Waals surface area contributed by atoms with Crippen LogP contribution in [0.3, 0.4) is 0 Å². The Morgan fingerprint density at radius 2 is 2.00 bits per heavy atom. The van der Waals surface area contributed by atoms with Gasteiger partial charge in [-0.1, -0.05) is 0 Å². The highest BCUT2D eigenvalue weighted by atomic mass is 16.3. The van der Waals surface area contributed by atoms with Gasteiger partial charge in [-0.2, -0.15) is 0 Å². The minimum Gasteiger partial charge on any atom is -0.365 e. The lowest BCUT2D eigenvalue weighted by Gasteiger charge is -2.37. The molecular weight excluding hydrogens is 168 g/mol. The normalized spacial score (nSPS) is 24.0. The van der Waals surface area contributed by atoms with Crippen LogP contribution in [-0.4, -0.2) is 28.2 Å². The number of aliphatic hydroxyl groups excluding tert-OH is 1. The first-order valence-electron chi connectivity index (χ1n) is 4.40. The fraction of sp³-hybridized carbons (Fsp3) is 0.667. The van der Waals surface area contributed by atoms with Gasteiger partial charge in [-0.15, -0.1) is 0 Å². The molecule has 1 amide bonds. The van der Waals surface area contributed by atoms with E-state index in [1.165, 1.54) is 0 Å². The number of nitrogens with one attached hydrogen (secondary N) is 1. The molecule has 1 aliphatic rings. The summed E-state index contributed by atoms with van der Waals surface area (Å²) in [5.74, 6) is -0.350. The van der Waals surface area contributed by atoms with Crippen molar-refractivity contribution in [3.05, 3.63) is 11.4 Å². The largest absolute Gasteiger partial charge is 0.365 e. The van der Waals surface area contributed by atoms with Crippen LogP contribution in [-0.2, 0) is 4.79 Å². The van der Waals surface area contributed by atoms with Crippen molar-refractivity contribution in [2.45, 2.75) is 40.0 Å². The van der Waals surface area contributed by atoms with Crippen LogP contribution in [0.4, 0.5) is 0 Å². The molecule has 0 saturated carbocycles. The number of hydrogen-bond donors (Lipinski definition) is 2. The number of aliphatic hydroxyl groups is 1. The summed E-state index contributed by atoms with van der Waals surface area (Å²) in [6, 6.07) is 0.121. The van der Waals surface area contributed by atoms with Gasteiger partial charge in [0.05, 0.1) is 0 Å².